The standard InChI is InChI=1S/C23H27N3S/c1-16-10-5-6-13-19(16)26-22(27-4)25-21(23(26)14-7-8-15-23)24-20-17(2)11-9-12-18(20)3/h5-6,9-13H,7-8,14-15H2,1-4H3. The van der Waals surface area contributed by atoms with Gasteiger partial charge in [-0.05, 0) is 62.6 Å². The van der Waals surface area contributed by atoms with Gasteiger partial charge in [0.15, 0.2) is 11.0 Å². The number of rotatable bonds is 2. The lowest BCUT2D eigenvalue weighted by Gasteiger charge is -2.37. The SMILES string of the molecule is CSC1=NC(=Nc2c(C)cccc2C)C2(CCCC2)N1c1ccccc1C. The lowest BCUT2D eigenvalue weighted by atomic mass is 9.93. The summed E-state index contributed by atoms with van der Waals surface area (Å²) in [6.45, 7) is 6.47. The molecule has 1 fully saturated rings. The molecule has 0 N–H and O–H groups in total. The fourth-order valence-corrected chi connectivity index (χ4v) is 5.07. The largest absolute Gasteiger partial charge is 0.307 e. The smallest absolute Gasteiger partial charge is 0.170 e. The van der Waals surface area contributed by atoms with Crippen molar-refractivity contribution < 1.29 is 0 Å². The van der Waals surface area contributed by atoms with E-state index in [0.29, 0.717) is 0 Å². The van der Waals surface area contributed by atoms with Crippen molar-refractivity contribution in [3.63, 3.8) is 0 Å². The predicted octanol–water partition coefficient (Wildman–Crippen LogP) is 6.19. The third kappa shape index (κ3) is 3.00. The number of hydrogen-bond donors (Lipinski definition) is 0. The molecule has 27 heavy (non-hydrogen) atoms. The van der Waals surface area contributed by atoms with Gasteiger partial charge < -0.3 is 4.90 Å². The first kappa shape index (κ1) is 18.3. The third-order valence-corrected chi connectivity index (χ3v) is 6.50. The highest BCUT2D eigenvalue weighted by Crippen LogP contribution is 2.46. The minimum absolute atomic E-state index is 0.112. The van der Waals surface area contributed by atoms with Gasteiger partial charge in [0.25, 0.3) is 0 Å². The summed E-state index contributed by atoms with van der Waals surface area (Å²) in [5.41, 5.74) is 5.95. The van der Waals surface area contributed by atoms with Crippen LogP contribution >= 0.6 is 11.8 Å². The molecule has 0 unspecified atom stereocenters. The number of amidine groups is 2. The molecule has 1 saturated carbocycles. The fraction of sp³-hybridized carbons (Fsp3) is 0.391. The molecule has 0 amide bonds. The van der Waals surface area contributed by atoms with Crippen molar-refractivity contribution in [3.05, 3.63) is 59.2 Å². The van der Waals surface area contributed by atoms with Crippen molar-refractivity contribution in [1.29, 1.82) is 0 Å². The Bertz CT molecular complexity index is 903. The molecule has 1 spiro atoms. The molecule has 3 nitrogen and oxygen atoms in total. The van der Waals surface area contributed by atoms with E-state index in [2.05, 4.69) is 74.4 Å². The third-order valence-electron chi connectivity index (χ3n) is 5.86. The maximum atomic E-state index is 5.17. The van der Waals surface area contributed by atoms with Crippen LogP contribution in [0.3, 0.4) is 0 Å². The van der Waals surface area contributed by atoms with Crippen molar-refractivity contribution in [1.82, 2.24) is 0 Å². The van der Waals surface area contributed by atoms with Gasteiger partial charge in [-0.3, -0.25) is 0 Å². The average molecular weight is 378 g/mol. The van der Waals surface area contributed by atoms with E-state index in [9.17, 15) is 0 Å². The fourth-order valence-electron chi connectivity index (χ4n) is 4.44. The van der Waals surface area contributed by atoms with Crippen LogP contribution in [-0.4, -0.2) is 22.8 Å². The second-order valence-corrected chi connectivity index (χ2v) is 8.41. The predicted molar refractivity (Wildman–Crippen MR) is 119 cm³/mol. The van der Waals surface area contributed by atoms with Crippen LogP contribution in [0.5, 0.6) is 0 Å². The molecule has 1 aliphatic carbocycles. The zero-order valence-electron chi connectivity index (χ0n) is 16.6. The van der Waals surface area contributed by atoms with E-state index in [4.69, 9.17) is 9.98 Å². The summed E-state index contributed by atoms with van der Waals surface area (Å²) in [4.78, 5) is 12.7. The first-order valence-electron chi connectivity index (χ1n) is 9.71. The Hall–Kier alpha value is -2.07. The van der Waals surface area contributed by atoms with Gasteiger partial charge in [-0.1, -0.05) is 61.0 Å². The zero-order valence-corrected chi connectivity index (χ0v) is 17.4. The monoisotopic (exact) mass is 377 g/mol. The van der Waals surface area contributed by atoms with Crippen LogP contribution in [0.4, 0.5) is 11.4 Å². The average Bonchev–Trinajstić information content (AvgIpc) is 3.25. The number of hydrogen-bond acceptors (Lipinski definition) is 3. The van der Waals surface area contributed by atoms with Crippen molar-refractivity contribution in [2.75, 3.05) is 11.2 Å². The summed E-state index contributed by atoms with van der Waals surface area (Å²) in [6.07, 6.45) is 6.79. The van der Waals surface area contributed by atoms with Gasteiger partial charge in [0, 0.05) is 5.69 Å². The summed E-state index contributed by atoms with van der Waals surface area (Å²) >= 11 is 1.72. The Morgan fingerprint density at radius 1 is 0.926 bits per heavy atom. The molecular weight excluding hydrogens is 350 g/mol. The lowest BCUT2D eigenvalue weighted by molar-refractivity contribution is 0.592. The number of aryl methyl sites for hydroxylation is 3. The van der Waals surface area contributed by atoms with Crippen LogP contribution in [0, 0.1) is 20.8 Å². The number of aliphatic imine (C=N–C) groups is 2. The molecule has 0 bridgehead atoms. The van der Waals surface area contributed by atoms with Gasteiger partial charge in [-0.15, -0.1) is 0 Å². The van der Waals surface area contributed by atoms with Crippen LogP contribution in [-0.2, 0) is 0 Å². The molecule has 0 radical (unpaired) electrons. The van der Waals surface area contributed by atoms with E-state index in [-0.39, 0.29) is 5.54 Å². The summed E-state index contributed by atoms with van der Waals surface area (Å²) < 4.78 is 0. The van der Waals surface area contributed by atoms with E-state index in [1.165, 1.54) is 35.2 Å². The topological polar surface area (TPSA) is 28.0 Å². The molecule has 140 valence electrons. The number of para-hydroxylation sites is 2. The molecule has 0 saturated heterocycles. The second-order valence-electron chi connectivity index (χ2n) is 7.63. The Kier molecular flexibility index (Phi) is 4.85. The van der Waals surface area contributed by atoms with Crippen LogP contribution in [0.25, 0.3) is 0 Å². The molecule has 0 atom stereocenters. The summed E-state index contributed by atoms with van der Waals surface area (Å²) in [5, 5.41) is 1.07. The Balaban J connectivity index is 1.90. The maximum absolute atomic E-state index is 5.17. The van der Waals surface area contributed by atoms with Gasteiger partial charge in [-0.2, -0.15) is 0 Å². The van der Waals surface area contributed by atoms with Gasteiger partial charge in [0.05, 0.1) is 5.69 Å². The molecule has 1 heterocycles. The highest BCUT2D eigenvalue weighted by atomic mass is 32.2. The molecule has 2 aromatic rings. The van der Waals surface area contributed by atoms with Gasteiger partial charge in [0.2, 0.25) is 0 Å². The number of nitrogens with zero attached hydrogens (tertiary/aromatic N) is 3. The molecule has 0 aromatic heterocycles. The molecule has 2 aromatic carbocycles. The highest BCUT2D eigenvalue weighted by Gasteiger charge is 2.51. The Morgan fingerprint density at radius 3 is 2.19 bits per heavy atom. The minimum atomic E-state index is -0.112. The van der Waals surface area contributed by atoms with Crippen molar-refractivity contribution in [3.8, 4) is 0 Å². The summed E-state index contributed by atoms with van der Waals surface area (Å²) in [6, 6.07) is 15.0. The molecule has 2 aliphatic rings. The maximum Gasteiger partial charge on any atom is 0.170 e. The van der Waals surface area contributed by atoms with Crippen molar-refractivity contribution >= 4 is 34.1 Å². The first-order valence-corrected chi connectivity index (χ1v) is 10.9. The van der Waals surface area contributed by atoms with E-state index >= 15 is 0 Å². The van der Waals surface area contributed by atoms with E-state index in [1.807, 2.05) is 0 Å². The van der Waals surface area contributed by atoms with Crippen LogP contribution in [0.1, 0.15) is 42.4 Å². The van der Waals surface area contributed by atoms with Crippen molar-refractivity contribution in [2.24, 2.45) is 9.98 Å². The summed E-state index contributed by atoms with van der Waals surface area (Å²) in [7, 11) is 0. The molecular formula is C23H27N3S. The summed E-state index contributed by atoms with van der Waals surface area (Å²) in [5.74, 6) is 0.991. The van der Waals surface area contributed by atoms with Crippen LogP contribution in [0.15, 0.2) is 52.4 Å². The van der Waals surface area contributed by atoms with Gasteiger partial charge in [0.1, 0.15) is 5.54 Å². The van der Waals surface area contributed by atoms with Gasteiger partial charge in [-0.25, -0.2) is 9.98 Å². The highest BCUT2D eigenvalue weighted by molar-refractivity contribution is 8.13. The molecule has 4 heteroatoms. The quantitative estimate of drug-likeness (QED) is 0.624. The number of benzene rings is 2. The van der Waals surface area contributed by atoms with Crippen molar-refractivity contribution in [2.45, 2.75) is 52.0 Å². The normalized spacial score (nSPS) is 19.9. The van der Waals surface area contributed by atoms with E-state index in [0.717, 1.165) is 29.5 Å². The number of thioether (sulfide) groups is 1. The second kappa shape index (κ2) is 7.16. The van der Waals surface area contributed by atoms with Crippen LogP contribution < -0.4 is 4.90 Å². The Labute approximate surface area is 166 Å². The first-order chi connectivity index (χ1) is 13.1. The number of anilines is 1. The molecule has 1 aliphatic heterocycles. The minimum Gasteiger partial charge on any atom is -0.307 e. The Morgan fingerprint density at radius 2 is 1.56 bits per heavy atom. The van der Waals surface area contributed by atoms with E-state index < -0.39 is 0 Å². The van der Waals surface area contributed by atoms with Gasteiger partial charge >= 0.3 is 0 Å². The molecule has 4 rings (SSSR count). The zero-order chi connectivity index (χ0) is 19.0. The van der Waals surface area contributed by atoms with Crippen LogP contribution in [0.2, 0.25) is 0 Å². The van der Waals surface area contributed by atoms with E-state index in [1.54, 1.807) is 11.8 Å². The lowest BCUT2D eigenvalue weighted by Crippen LogP contribution is -2.49.